The van der Waals surface area contributed by atoms with Crippen molar-refractivity contribution >= 4 is 33.1 Å². The van der Waals surface area contributed by atoms with Crippen LogP contribution < -0.4 is 20.1 Å². The van der Waals surface area contributed by atoms with E-state index in [0.717, 1.165) is 16.7 Å². The van der Waals surface area contributed by atoms with Gasteiger partial charge in [0.25, 0.3) is 16.1 Å². The Morgan fingerprint density at radius 2 is 1.84 bits per heavy atom. The van der Waals surface area contributed by atoms with Crippen LogP contribution in [-0.4, -0.2) is 47.8 Å². The topological polar surface area (TPSA) is 135 Å². The molecule has 1 amide bonds. The zero-order chi connectivity index (χ0) is 27.0. The van der Waals surface area contributed by atoms with Crippen LogP contribution in [0.1, 0.15) is 34.5 Å². The van der Waals surface area contributed by atoms with Crippen molar-refractivity contribution in [3.63, 3.8) is 0 Å². The molecule has 4 N–H and O–H groups in total. The standard InChI is InChI=1S/C26H28FN7O3S/c1-16-4-3-5-17(2)23(16)24-25-29-10-13-34(25)15-21(30-24)26(35)31-20-14-18(27)6-7-22(20)33-11-8-19(9-12-33)32-38(28,36)37/h3-7,10,13-15,19,32H,8-9,11-12H2,1-2H3,(H,31,35)(H2,28,36,37). The summed E-state index contributed by atoms with van der Waals surface area (Å²) in [6, 6.07) is 9.85. The Bertz CT molecular complexity index is 1610. The highest BCUT2D eigenvalue weighted by Gasteiger charge is 2.25. The summed E-state index contributed by atoms with van der Waals surface area (Å²) >= 11 is 0. The number of fused-ring (bicyclic) bond motifs is 1. The number of piperidine rings is 1. The normalized spacial score (nSPS) is 14.7. The molecule has 0 spiro atoms. The fourth-order valence-corrected chi connectivity index (χ4v) is 5.64. The molecule has 1 aliphatic rings. The van der Waals surface area contributed by atoms with Gasteiger partial charge in [0.15, 0.2) is 5.65 Å². The van der Waals surface area contributed by atoms with Crippen molar-refractivity contribution in [1.82, 2.24) is 19.1 Å². The molecule has 0 saturated carbocycles. The molecule has 5 rings (SSSR count). The molecule has 4 aromatic rings. The second-order valence-corrected chi connectivity index (χ2v) is 10.8. The summed E-state index contributed by atoms with van der Waals surface area (Å²) in [5.74, 6) is -0.991. The monoisotopic (exact) mass is 537 g/mol. The van der Waals surface area contributed by atoms with Gasteiger partial charge < -0.3 is 14.6 Å². The maximum atomic E-state index is 14.3. The summed E-state index contributed by atoms with van der Waals surface area (Å²) in [4.78, 5) is 24.6. The highest BCUT2D eigenvalue weighted by molar-refractivity contribution is 7.87. The molecule has 0 atom stereocenters. The summed E-state index contributed by atoms with van der Waals surface area (Å²) in [7, 11) is -3.80. The molecule has 38 heavy (non-hydrogen) atoms. The number of amides is 1. The van der Waals surface area contributed by atoms with Gasteiger partial charge in [-0.3, -0.25) is 4.79 Å². The van der Waals surface area contributed by atoms with E-state index in [1.165, 1.54) is 12.1 Å². The van der Waals surface area contributed by atoms with Crippen LogP contribution in [0.2, 0.25) is 0 Å². The number of aromatic nitrogens is 3. The van der Waals surface area contributed by atoms with Crippen LogP contribution in [0.5, 0.6) is 0 Å². The van der Waals surface area contributed by atoms with Crippen LogP contribution in [0, 0.1) is 19.7 Å². The summed E-state index contributed by atoms with van der Waals surface area (Å²) in [6.07, 6.45) is 6.02. The predicted molar refractivity (Wildman–Crippen MR) is 144 cm³/mol. The number of halogens is 1. The van der Waals surface area contributed by atoms with E-state index < -0.39 is 21.9 Å². The molecule has 0 bridgehead atoms. The highest BCUT2D eigenvalue weighted by Crippen LogP contribution is 2.31. The molecule has 3 heterocycles. The van der Waals surface area contributed by atoms with E-state index in [0.29, 0.717) is 48.6 Å². The van der Waals surface area contributed by atoms with Gasteiger partial charge in [-0.1, -0.05) is 18.2 Å². The third-order valence-corrected chi connectivity index (χ3v) is 7.36. The molecule has 2 aromatic carbocycles. The van der Waals surface area contributed by atoms with E-state index in [-0.39, 0.29) is 11.7 Å². The lowest BCUT2D eigenvalue weighted by Crippen LogP contribution is -2.46. The number of hydrogen-bond donors (Lipinski definition) is 3. The average Bonchev–Trinajstić information content (AvgIpc) is 3.33. The number of anilines is 2. The van der Waals surface area contributed by atoms with E-state index in [1.54, 1.807) is 29.1 Å². The third-order valence-electron chi connectivity index (χ3n) is 6.70. The summed E-state index contributed by atoms with van der Waals surface area (Å²) < 4.78 is 41.2. The fraction of sp³-hybridized carbons (Fsp3) is 0.269. The quantitative estimate of drug-likeness (QED) is 0.346. The molecule has 1 aliphatic heterocycles. The van der Waals surface area contributed by atoms with Gasteiger partial charge in [0.2, 0.25) is 0 Å². The maximum Gasteiger partial charge on any atom is 0.275 e. The van der Waals surface area contributed by atoms with Gasteiger partial charge in [-0.15, -0.1) is 0 Å². The van der Waals surface area contributed by atoms with Crippen molar-refractivity contribution in [3.8, 4) is 11.3 Å². The maximum absolute atomic E-state index is 14.3. The van der Waals surface area contributed by atoms with Crippen molar-refractivity contribution < 1.29 is 17.6 Å². The molecule has 12 heteroatoms. The van der Waals surface area contributed by atoms with Crippen LogP contribution in [0.3, 0.4) is 0 Å². The van der Waals surface area contributed by atoms with Crippen LogP contribution in [0.15, 0.2) is 55.0 Å². The Balaban J connectivity index is 1.44. The van der Waals surface area contributed by atoms with Gasteiger partial charge in [-0.25, -0.2) is 19.5 Å². The summed E-state index contributed by atoms with van der Waals surface area (Å²) in [5.41, 5.74) is 5.21. The Kier molecular flexibility index (Phi) is 6.86. The van der Waals surface area contributed by atoms with Crippen LogP contribution in [0.25, 0.3) is 16.9 Å². The largest absolute Gasteiger partial charge is 0.370 e. The van der Waals surface area contributed by atoms with Crippen molar-refractivity contribution in [1.29, 1.82) is 0 Å². The number of nitrogens with one attached hydrogen (secondary N) is 2. The summed E-state index contributed by atoms with van der Waals surface area (Å²) in [5, 5.41) is 7.93. The van der Waals surface area contributed by atoms with Crippen LogP contribution >= 0.6 is 0 Å². The van der Waals surface area contributed by atoms with E-state index in [9.17, 15) is 17.6 Å². The molecule has 1 saturated heterocycles. The molecule has 10 nitrogen and oxygen atoms in total. The molecular weight excluding hydrogens is 509 g/mol. The number of carbonyl (C=O) groups is 1. The molecule has 2 aromatic heterocycles. The van der Waals surface area contributed by atoms with Gasteiger partial charge in [-0.05, 0) is 56.0 Å². The SMILES string of the molecule is Cc1cccc(C)c1-c1nc(C(=O)Nc2cc(F)ccc2N2CCC(NS(N)(=O)=O)CC2)cn2ccnc12. The van der Waals surface area contributed by atoms with Crippen molar-refractivity contribution in [2.24, 2.45) is 5.14 Å². The van der Waals surface area contributed by atoms with E-state index in [1.807, 2.05) is 36.9 Å². The first-order valence-corrected chi connectivity index (χ1v) is 13.7. The van der Waals surface area contributed by atoms with Crippen molar-refractivity contribution in [2.45, 2.75) is 32.7 Å². The van der Waals surface area contributed by atoms with E-state index >= 15 is 0 Å². The fourth-order valence-electron chi connectivity index (χ4n) is 4.94. The lowest BCUT2D eigenvalue weighted by Gasteiger charge is -2.34. The highest BCUT2D eigenvalue weighted by atomic mass is 32.2. The molecular formula is C26H28FN7O3S. The van der Waals surface area contributed by atoms with Crippen LogP contribution in [-0.2, 0) is 10.2 Å². The number of hydrogen-bond acceptors (Lipinski definition) is 6. The first kappa shape index (κ1) is 25.8. The number of nitrogens with two attached hydrogens (primary N) is 1. The number of imidazole rings is 1. The van der Waals surface area contributed by atoms with Gasteiger partial charge >= 0.3 is 0 Å². The first-order chi connectivity index (χ1) is 18.1. The number of aryl methyl sites for hydroxylation is 2. The molecule has 0 radical (unpaired) electrons. The Morgan fingerprint density at radius 3 is 2.53 bits per heavy atom. The van der Waals surface area contributed by atoms with Gasteiger partial charge in [0.1, 0.15) is 17.2 Å². The van der Waals surface area contributed by atoms with Gasteiger partial charge in [-0.2, -0.15) is 13.1 Å². The smallest absolute Gasteiger partial charge is 0.275 e. The average molecular weight is 538 g/mol. The zero-order valence-corrected chi connectivity index (χ0v) is 21.8. The third kappa shape index (κ3) is 5.37. The van der Waals surface area contributed by atoms with Crippen molar-refractivity contribution in [2.75, 3.05) is 23.3 Å². The predicted octanol–water partition coefficient (Wildman–Crippen LogP) is 3.17. The van der Waals surface area contributed by atoms with Gasteiger partial charge in [0, 0.05) is 43.3 Å². The lowest BCUT2D eigenvalue weighted by molar-refractivity contribution is 0.102. The number of carbonyl (C=O) groups excluding carboxylic acids is 1. The first-order valence-electron chi connectivity index (χ1n) is 12.2. The molecule has 1 fully saturated rings. The molecule has 0 aliphatic carbocycles. The molecule has 0 unspecified atom stereocenters. The van der Waals surface area contributed by atoms with Crippen molar-refractivity contribution in [3.05, 3.63) is 77.6 Å². The minimum Gasteiger partial charge on any atom is -0.370 e. The van der Waals surface area contributed by atoms with E-state index in [4.69, 9.17) is 10.1 Å². The summed E-state index contributed by atoms with van der Waals surface area (Å²) in [6.45, 7) is 4.96. The number of nitrogens with zero attached hydrogens (tertiary/aromatic N) is 4. The lowest BCUT2D eigenvalue weighted by atomic mass is 10.00. The molecule has 198 valence electrons. The Morgan fingerprint density at radius 1 is 1.13 bits per heavy atom. The minimum absolute atomic E-state index is 0.152. The second kappa shape index (κ2) is 10.1. The van der Waals surface area contributed by atoms with Gasteiger partial charge in [0.05, 0.1) is 11.4 Å². The Labute approximate surface area is 219 Å². The minimum atomic E-state index is -3.80. The van der Waals surface area contributed by atoms with Crippen LogP contribution in [0.4, 0.5) is 15.8 Å². The second-order valence-electron chi connectivity index (χ2n) is 9.44. The number of rotatable bonds is 6. The number of benzene rings is 2. The Hall–Kier alpha value is -3.87. The zero-order valence-electron chi connectivity index (χ0n) is 21.0. The van der Waals surface area contributed by atoms with E-state index in [2.05, 4.69) is 15.0 Å².